The van der Waals surface area contributed by atoms with Crippen LogP contribution in [0.4, 0.5) is 4.39 Å². The van der Waals surface area contributed by atoms with E-state index in [1.165, 1.54) is 76.2 Å². The van der Waals surface area contributed by atoms with Crippen LogP contribution in [0.15, 0.2) is 54.6 Å². The van der Waals surface area contributed by atoms with Gasteiger partial charge in [0.2, 0.25) is 0 Å². The number of hydrogen-bond acceptors (Lipinski definition) is 2. The third-order valence-electron chi connectivity index (χ3n) is 9.20. The van der Waals surface area contributed by atoms with E-state index < -0.39 is 0 Å². The van der Waals surface area contributed by atoms with Crippen molar-refractivity contribution in [3.63, 3.8) is 0 Å². The van der Waals surface area contributed by atoms with E-state index in [-0.39, 0.29) is 5.82 Å². The zero-order valence-corrected chi connectivity index (χ0v) is 22.9. The minimum absolute atomic E-state index is 0.224. The Labute approximate surface area is 223 Å². The molecule has 2 saturated heterocycles. The van der Waals surface area contributed by atoms with E-state index in [9.17, 15) is 4.39 Å². The molecule has 0 bridgehead atoms. The molecular weight excluding hydrogens is 457 g/mol. The molecule has 1 atom stereocenters. The van der Waals surface area contributed by atoms with Crippen molar-refractivity contribution in [1.82, 2.24) is 9.80 Å². The van der Waals surface area contributed by atoms with Crippen LogP contribution in [0.25, 0.3) is 11.1 Å². The summed E-state index contributed by atoms with van der Waals surface area (Å²) in [5.41, 5.74) is 5.41. The fourth-order valence-corrected chi connectivity index (χ4v) is 7.11. The van der Waals surface area contributed by atoms with Crippen LogP contribution >= 0.6 is 0 Å². The first-order chi connectivity index (χ1) is 17.8. The lowest BCUT2D eigenvalue weighted by Crippen LogP contribution is -2.35. The molecule has 0 radical (unpaired) electrons. The van der Waals surface area contributed by atoms with E-state index >= 15 is 0 Å². The van der Waals surface area contributed by atoms with Gasteiger partial charge in [0.05, 0.1) is 0 Å². The molecule has 1 spiro atoms. The van der Waals surface area contributed by atoms with E-state index in [0.717, 1.165) is 41.3 Å². The molecule has 4 heteroatoms. The number of rotatable bonds is 7. The molecule has 2 aliphatic heterocycles. The van der Waals surface area contributed by atoms with Gasteiger partial charge in [0, 0.05) is 38.0 Å². The Balaban J connectivity index is 1.24. The van der Waals surface area contributed by atoms with E-state index in [4.69, 9.17) is 5.41 Å². The molecule has 3 fully saturated rings. The molecule has 0 amide bonds. The zero-order chi connectivity index (χ0) is 26.0. The van der Waals surface area contributed by atoms with Gasteiger partial charge in [-0.05, 0) is 84.0 Å². The maximum Gasteiger partial charge on any atom is 0.123 e. The van der Waals surface area contributed by atoms with Gasteiger partial charge in [-0.3, -0.25) is 5.41 Å². The molecule has 1 unspecified atom stereocenters. The molecule has 2 aromatic carbocycles. The van der Waals surface area contributed by atoms with Gasteiger partial charge in [0.15, 0.2) is 0 Å². The average molecular weight is 502 g/mol. The third kappa shape index (κ3) is 5.85. The van der Waals surface area contributed by atoms with Crippen LogP contribution in [-0.2, 0) is 6.42 Å². The van der Waals surface area contributed by atoms with Gasteiger partial charge in [-0.2, -0.15) is 0 Å². The minimum Gasteiger partial charge on any atom is -0.356 e. The Bertz CT molecular complexity index is 1130. The van der Waals surface area contributed by atoms with Crippen molar-refractivity contribution in [1.29, 1.82) is 5.41 Å². The first-order valence-electron chi connectivity index (χ1n) is 14.5. The van der Waals surface area contributed by atoms with Crippen molar-refractivity contribution >= 4 is 5.84 Å². The van der Waals surface area contributed by atoms with Gasteiger partial charge in [-0.25, -0.2) is 4.39 Å². The largest absolute Gasteiger partial charge is 0.356 e. The van der Waals surface area contributed by atoms with E-state index in [1.807, 2.05) is 12.1 Å². The minimum atomic E-state index is -0.224. The van der Waals surface area contributed by atoms with Crippen LogP contribution < -0.4 is 0 Å². The summed E-state index contributed by atoms with van der Waals surface area (Å²) >= 11 is 0. The summed E-state index contributed by atoms with van der Waals surface area (Å²) < 4.78 is 14.4. The van der Waals surface area contributed by atoms with Crippen LogP contribution in [0, 0.1) is 22.6 Å². The Morgan fingerprint density at radius 1 is 1.03 bits per heavy atom. The predicted octanol–water partition coefficient (Wildman–Crippen LogP) is 7.67. The SMILES string of the molecule is C=C(Cc1ccc(F)cc1-c1ccccc1C(C)C)C(=N)N1CCC2(CCN(CC3CCCCC3)C2)C1. The van der Waals surface area contributed by atoms with Gasteiger partial charge in [-0.15, -0.1) is 0 Å². The summed E-state index contributed by atoms with van der Waals surface area (Å²) in [6.07, 6.45) is 10.1. The average Bonchev–Trinajstić information content (AvgIpc) is 3.50. The fourth-order valence-electron chi connectivity index (χ4n) is 7.11. The molecule has 1 N–H and O–H groups in total. The third-order valence-corrected chi connectivity index (χ3v) is 9.20. The van der Waals surface area contributed by atoms with Crippen LogP contribution in [0.1, 0.15) is 75.8 Å². The predicted molar refractivity (Wildman–Crippen MR) is 153 cm³/mol. The van der Waals surface area contributed by atoms with Gasteiger partial charge in [0.25, 0.3) is 0 Å². The van der Waals surface area contributed by atoms with Crippen LogP contribution in [0.2, 0.25) is 0 Å². The van der Waals surface area contributed by atoms with Gasteiger partial charge in [-0.1, -0.05) is 70.0 Å². The van der Waals surface area contributed by atoms with Crippen LogP contribution in [-0.4, -0.2) is 48.4 Å². The first kappa shape index (κ1) is 26.2. The summed E-state index contributed by atoms with van der Waals surface area (Å²) in [4.78, 5) is 4.98. The maximum atomic E-state index is 14.4. The monoisotopic (exact) mass is 501 g/mol. The van der Waals surface area contributed by atoms with Crippen molar-refractivity contribution in [2.24, 2.45) is 11.3 Å². The molecule has 2 aromatic rings. The normalized spacial score (nSPS) is 22.9. The fraction of sp³-hybridized carbons (Fsp3) is 0.545. The van der Waals surface area contributed by atoms with Crippen LogP contribution in [0.5, 0.6) is 0 Å². The molecule has 37 heavy (non-hydrogen) atoms. The molecular formula is C33H44FN3. The number of nitrogens with zero attached hydrogens (tertiary/aromatic N) is 2. The number of hydrogen-bond donors (Lipinski definition) is 1. The lowest BCUT2D eigenvalue weighted by Gasteiger charge is -2.29. The lowest BCUT2D eigenvalue weighted by atomic mass is 9.86. The standard InChI is InChI=1S/C33H44FN3/c1-24(2)29-11-7-8-12-30(29)31-20-28(34)14-13-27(31)19-25(3)32(35)37-18-16-33(23-37)15-17-36(22-33)21-26-9-5-4-6-10-26/h7-8,11-14,20,24,26,35H,3-6,9-10,15-19,21-23H2,1-2H3. The second kappa shape index (κ2) is 11.1. The Morgan fingerprint density at radius 2 is 1.78 bits per heavy atom. The highest BCUT2D eigenvalue weighted by atomic mass is 19.1. The summed E-state index contributed by atoms with van der Waals surface area (Å²) in [5.74, 6) is 1.58. The molecule has 1 aliphatic carbocycles. The quantitative estimate of drug-likeness (QED) is 0.312. The number of likely N-dealkylation sites (tertiary alicyclic amines) is 2. The number of halogens is 1. The van der Waals surface area contributed by atoms with E-state index in [2.05, 4.69) is 48.4 Å². The second-order valence-electron chi connectivity index (χ2n) is 12.3. The molecule has 3 nitrogen and oxygen atoms in total. The zero-order valence-electron chi connectivity index (χ0n) is 22.9. The number of nitrogens with one attached hydrogen (secondary N) is 1. The Kier molecular flexibility index (Phi) is 7.85. The molecule has 1 saturated carbocycles. The summed E-state index contributed by atoms with van der Waals surface area (Å²) in [5, 5.41) is 9.01. The van der Waals surface area contributed by atoms with Gasteiger partial charge in [0.1, 0.15) is 11.7 Å². The molecule has 0 aromatic heterocycles. The van der Waals surface area contributed by atoms with Crippen molar-refractivity contribution < 1.29 is 4.39 Å². The first-order valence-corrected chi connectivity index (χ1v) is 14.5. The van der Waals surface area contributed by atoms with Crippen molar-refractivity contribution in [2.45, 2.75) is 71.1 Å². The van der Waals surface area contributed by atoms with Crippen molar-refractivity contribution in [3.8, 4) is 11.1 Å². The second-order valence-corrected chi connectivity index (χ2v) is 12.3. The highest BCUT2D eigenvalue weighted by Crippen LogP contribution is 2.41. The van der Waals surface area contributed by atoms with Gasteiger partial charge < -0.3 is 9.80 Å². The van der Waals surface area contributed by atoms with Crippen molar-refractivity contribution in [2.75, 3.05) is 32.7 Å². The van der Waals surface area contributed by atoms with Crippen molar-refractivity contribution in [3.05, 3.63) is 71.6 Å². The topological polar surface area (TPSA) is 30.3 Å². The number of benzene rings is 2. The highest BCUT2D eigenvalue weighted by molar-refractivity contribution is 5.96. The molecule has 5 rings (SSSR count). The number of amidine groups is 1. The smallest absolute Gasteiger partial charge is 0.123 e. The van der Waals surface area contributed by atoms with Gasteiger partial charge >= 0.3 is 0 Å². The van der Waals surface area contributed by atoms with E-state index in [0.29, 0.717) is 23.6 Å². The molecule has 3 aliphatic rings. The Morgan fingerprint density at radius 3 is 2.57 bits per heavy atom. The van der Waals surface area contributed by atoms with E-state index in [1.54, 1.807) is 6.07 Å². The summed E-state index contributed by atoms with van der Waals surface area (Å²) in [6.45, 7) is 14.3. The lowest BCUT2D eigenvalue weighted by molar-refractivity contribution is 0.208. The summed E-state index contributed by atoms with van der Waals surface area (Å²) in [6, 6.07) is 13.4. The molecule has 2 heterocycles. The highest BCUT2D eigenvalue weighted by Gasteiger charge is 2.44. The molecule has 198 valence electrons. The Hall–Kier alpha value is -2.46. The maximum absolute atomic E-state index is 14.4. The van der Waals surface area contributed by atoms with Crippen LogP contribution in [0.3, 0.4) is 0 Å². The summed E-state index contributed by atoms with van der Waals surface area (Å²) in [7, 11) is 0.